The number of piperazine rings is 1. The van der Waals surface area contributed by atoms with E-state index < -0.39 is 15.8 Å². The van der Waals surface area contributed by atoms with E-state index >= 15 is 0 Å². The molecule has 1 aromatic carbocycles. The highest BCUT2D eigenvalue weighted by molar-refractivity contribution is 7.89. The van der Waals surface area contributed by atoms with Gasteiger partial charge in [0.25, 0.3) is 0 Å². The van der Waals surface area contributed by atoms with E-state index in [-0.39, 0.29) is 36.5 Å². The molecule has 2 aromatic rings. The number of benzene rings is 1. The smallest absolute Gasteiger partial charge is 0.243 e. The highest BCUT2D eigenvalue weighted by atomic mass is 32.2. The number of ether oxygens (including phenoxy) is 1. The minimum absolute atomic E-state index is 0.00150. The molecule has 7 nitrogen and oxygen atoms in total. The number of hydrogen-bond acceptors (Lipinski definition) is 6. The van der Waals surface area contributed by atoms with Crippen LogP contribution in [-0.4, -0.2) is 80.4 Å². The number of thiophene rings is 1. The fourth-order valence-corrected chi connectivity index (χ4v) is 6.28. The van der Waals surface area contributed by atoms with E-state index in [0.29, 0.717) is 26.2 Å². The van der Waals surface area contributed by atoms with Crippen molar-refractivity contribution in [1.82, 2.24) is 14.1 Å². The fourth-order valence-electron chi connectivity index (χ4n) is 4.11. The molecule has 1 amide bonds. The summed E-state index contributed by atoms with van der Waals surface area (Å²) in [5.41, 5.74) is 0. The monoisotopic (exact) mass is 481 g/mol. The molecule has 32 heavy (non-hydrogen) atoms. The van der Waals surface area contributed by atoms with E-state index in [4.69, 9.17) is 4.74 Å². The molecule has 10 heteroatoms. The number of nitrogens with zero attached hydrogens (tertiary/aromatic N) is 3. The summed E-state index contributed by atoms with van der Waals surface area (Å²) in [4.78, 5) is 18.1. The molecular formula is C22H28FN3O4S2. The van der Waals surface area contributed by atoms with Crippen molar-refractivity contribution in [3.8, 4) is 0 Å². The first-order valence-corrected chi connectivity index (χ1v) is 13.1. The lowest BCUT2D eigenvalue weighted by Crippen LogP contribution is -2.52. The van der Waals surface area contributed by atoms with E-state index in [1.165, 1.54) is 21.3 Å². The first kappa shape index (κ1) is 23.3. The van der Waals surface area contributed by atoms with Crippen molar-refractivity contribution < 1.29 is 22.3 Å². The molecule has 0 aliphatic carbocycles. The van der Waals surface area contributed by atoms with Gasteiger partial charge in [0.15, 0.2) is 0 Å². The number of amides is 1. The summed E-state index contributed by atoms with van der Waals surface area (Å²) in [6.07, 6.45) is 2.21. The predicted octanol–water partition coefficient (Wildman–Crippen LogP) is 2.40. The van der Waals surface area contributed by atoms with Crippen LogP contribution in [0.25, 0.3) is 0 Å². The maximum absolute atomic E-state index is 13.1. The average molecular weight is 482 g/mol. The van der Waals surface area contributed by atoms with Crippen molar-refractivity contribution in [3.63, 3.8) is 0 Å². The van der Waals surface area contributed by atoms with Crippen molar-refractivity contribution >= 4 is 27.3 Å². The lowest BCUT2D eigenvalue weighted by atomic mass is 10.2. The summed E-state index contributed by atoms with van der Waals surface area (Å²) in [5, 5.41) is 2.03. The van der Waals surface area contributed by atoms with E-state index in [0.717, 1.165) is 31.6 Å². The third-order valence-electron chi connectivity index (χ3n) is 5.85. The number of carbonyl (C=O) groups is 1. The zero-order valence-electron chi connectivity index (χ0n) is 17.9. The molecule has 174 valence electrons. The van der Waals surface area contributed by atoms with Crippen LogP contribution in [0, 0.1) is 5.82 Å². The van der Waals surface area contributed by atoms with Gasteiger partial charge < -0.3 is 9.64 Å². The van der Waals surface area contributed by atoms with Crippen LogP contribution in [0.15, 0.2) is 46.7 Å². The number of carbonyl (C=O) groups excluding carboxylic acids is 1. The Morgan fingerprint density at radius 3 is 2.53 bits per heavy atom. The molecule has 1 atom stereocenters. The van der Waals surface area contributed by atoms with Gasteiger partial charge in [0.2, 0.25) is 15.9 Å². The van der Waals surface area contributed by atoms with Crippen LogP contribution in [0.3, 0.4) is 0 Å². The molecule has 2 fully saturated rings. The lowest BCUT2D eigenvalue weighted by Gasteiger charge is -2.35. The second-order valence-electron chi connectivity index (χ2n) is 8.12. The maximum Gasteiger partial charge on any atom is 0.243 e. The van der Waals surface area contributed by atoms with Crippen LogP contribution in [0.5, 0.6) is 0 Å². The van der Waals surface area contributed by atoms with Gasteiger partial charge in [-0.05, 0) is 48.6 Å². The largest absolute Gasteiger partial charge is 0.377 e. The molecule has 2 saturated heterocycles. The quantitative estimate of drug-likeness (QED) is 0.579. The lowest BCUT2D eigenvalue weighted by molar-refractivity contribution is -0.134. The Morgan fingerprint density at radius 2 is 1.91 bits per heavy atom. The normalized spacial score (nSPS) is 20.2. The van der Waals surface area contributed by atoms with Gasteiger partial charge in [-0.25, -0.2) is 12.8 Å². The van der Waals surface area contributed by atoms with Gasteiger partial charge in [-0.3, -0.25) is 9.69 Å². The third-order valence-corrected chi connectivity index (χ3v) is 8.62. The van der Waals surface area contributed by atoms with Gasteiger partial charge in [-0.2, -0.15) is 4.31 Å². The van der Waals surface area contributed by atoms with E-state index in [2.05, 4.69) is 11.0 Å². The minimum Gasteiger partial charge on any atom is -0.377 e. The molecular weight excluding hydrogens is 453 g/mol. The Bertz CT molecular complexity index is 985. The molecule has 0 bridgehead atoms. The maximum atomic E-state index is 13.1. The molecule has 2 aliphatic rings. The third kappa shape index (κ3) is 5.74. The Balaban J connectivity index is 1.34. The van der Waals surface area contributed by atoms with Crippen LogP contribution in [0.1, 0.15) is 17.7 Å². The molecule has 1 aromatic heterocycles. The van der Waals surface area contributed by atoms with Gasteiger partial charge in [0.05, 0.1) is 17.5 Å². The number of rotatable bonds is 8. The summed E-state index contributed by atoms with van der Waals surface area (Å²) in [6, 6.07) is 8.90. The van der Waals surface area contributed by atoms with Gasteiger partial charge in [-0.15, -0.1) is 11.3 Å². The van der Waals surface area contributed by atoms with Crippen molar-refractivity contribution in [2.45, 2.75) is 30.4 Å². The Kier molecular flexibility index (Phi) is 7.57. The van der Waals surface area contributed by atoms with Gasteiger partial charge in [0, 0.05) is 50.8 Å². The Hall–Kier alpha value is -1.85. The number of sulfonamides is 1. The van der Waals surface area contributed by atoms with Crippen LogP contribution in [0.2, 0.25) is 0 Å². The minimum atomic E-state index is -3.70. The highest BCUT2D eigenvalue weighted by Crippen LogP contribution is 2.20. The summed E-state index contributed by atoms with van der Waals surface area (Å²) in [6.45, 7) is 3.59. The second-order valence-corrected chi connectivity index (χ2v) is 11.1. The summed E-state index contributed by atoms with van der Waals surface area (Å²) < 4.78 is 45.9. The Morgan fingerprint density at radius 1 is 1.16 bits per heavy atom. The van der Waals surface area contributed by atoms with E-state index in [9.17, 15) is 17.6 Å². The molecule has 2 aliphatic heterocycles. The molecule has 3 heterocycles. The molecule has 0 radical (unpaired) electrons. The molecule has 0 saturated carbocycles. The van der Waals surface area contributed by atoms with Gasteiger partial charge in [0.1, 0.15) is 5.82 Å². The van der Waals surface area contributed by atoms with Crippen molar-refractivity contribution in [2.75, 3.05) is 45.9 Å². The van der Waals surface area contributed by atoms with Crippen molar-refractivity contribution in [2.24, 2.45) is 0 Å². The number of hydrogen-bond donors (Lipinski definition) is 0. The Labute approximate surface area is 192 Å². The molecule has 4 rings (SSSR count). The van der Waals surface area contributed by atoms with E-state index in [1.807, 2.05) is 11.4 Å². The van der Waals surface area contributed by atoms with Crippen LogP contribution in [0.4, 0.5) is 4.39 Å². The topological polar surface area (TPSA) is 70.2 Å². The first-order chi connectivity index (χ1) is 15.4. The average Bonchev–Trinajstić information content (AvgIpc) is 3.48. The highest BCUT2D eigenvalue weighted by Gasteiger charge is 2.31. The summed E-state index contributed by atoms with van der Waals surface area (Å²) >= 11 is 1.67. The SMILES string of the molecule is O=C(CN(Cc1cccs1)CC1CCCO1)N1CCN(S(=O)(=O)c2ccc(F)cc2)CC1. The zero-order chi connectivity index (χ0) is 22.6. The standard InChI is InChI=1S/C22H28FN3O4S2/c23-18-5-7-21(8-6-18)32(28,29)26-11-9-25(10-12-26)22(27)17-24(15-19-3-1-13-30-19)16-20-4-2-14-31-20/h2,4-8,14,19H,1,3,9-13,15-17H2. The van der Waals surface area contributed by atoms with Crippen LogP contribution >= 0.6 is 11.3 Å². The van der Waals surface area contributed by atoms with E-state index in [1.54, 1.807) is 16.2 Å². The molecule has 0 N–H and O–H groups in total. The summed E-state index contributed by atoms with van der Waals surface area (Å²) in [5.74, 6) is -0.479. The van der Waals surface area contributed by atoms with Gasteiger partial charge in [-0.1, -0.05) is 6.07 Å². The van der Waals surface area contributed by atoms with Crippen LogP contribution < -0.4 is 0 Å². The molecule has 1 unspecified atom stereocenters. The van der Waals surface area contributed by atoms with Crippen LogP contribution in [-0.2, 0) is 26.1 Å². The predicted molar refractivity (Wildman–Crippen MR) is 120 cm³/mol. The number of halogens is 1. The summed E-state index contributed by atoms with van der Waals surface area (Å²) in [7, 11) is -3.70. The van der Waals surface area contributed by atoms with Gasteiger partial charge >= 0.3 is 0 Å². The zero-order valence-corrected chi connectivity index (χ0v) is 19.5. The van der Waals surface area contributed by atoms with Crippen molar-refractivity contribution in [3.05, 3.63) is 52.5 Å². The first-order valence-electron chi connectivity index (χ1n) is 10.8. The van der Waals surface area contributed by atoms with Crippen molar-refractivity contribution in [1.29, 1.82) is 0 Å². The molecule has 0 spiro atoms. The second kappa shape index (κ2) is 10.4. The fraction of sp³-hybridized carbons (Fsp3) is 0.500.